The molecule has 0 amide bonds. The Kier molecular flexibility index (Phi) is 1.41. The first-order chi connectivity index (χ1) is 5.62. The summed E-state index contributed by atoms with van der Waals surface area (Å²) < 4.78 is 5.04. The molecule has 0 unspecified atom stereocenters. The van der Waals surface area contributed by atoms with Gasteiger partial charge in [0.1, 0.15) is 11.3 Å². The highest BCUT2D eigenvalue weighted by Gasteiger charge is 2.40. The summed E-state index contributed by atoms with van der Waals surface area (Å²) in [6.07, 6.45) is 2.51. The minimum absolute atomic E-state index is 0.259. The number of nitrogen functional groups attached to an aromatic ring is 1. The fraction of sp³-hybridized carbons (Fsp3) is 0.625. The largest absolute Gasteiger partial charge is 0.425 e. The Labute approximate surface area is 70.4 Å². The van der Waals surface area contributed by atoms with E-state index in [0.29, 0.717) is 11.6 Å². The first-order valence-corrected chi connectivity index (χ1v) is 4.07. The number of hydrogen-bond acceptors (Lipinski definition) is 4. The maximum absolute atomic E-state index is 9.87. The molecule has 0 aliphatic heterocycles. The molecule has 4 nitrogen and oxygen atoms in total. The van der Waals surface area contributed by atoms with E-state index in [0.717, 1.165) is 19.3 Å². The number of nitrogens with zero attached hydrogens (tertiary/aromatic N) is 1. The van der Waals surface area contributed by atoms with Crippen LogP contribution in [0.3, 0.4) is 0 Å². The monoisotopic (exact) mass is 168 g/mol. The van der Waals surface area contributed by atoms with Crippen LogP contribution in [0.4, 0.5) is 5.88 Å². The molecule has 1 aromatic rings. The average Bonchev–Trinajstić information content (AvgIpc) is 2.25. The SMILES string of the molecule is Cc1nc(C2(O)CCC2)c(N)o1. The summed E-state index contributed by atoms with van der Waals surface area (Å²) in [5, 5.41) is 9.87. The minimum Gasteiger partial charge on any atom is -0.425 e. The molecule has 1 heterocycles. The average molecular weight is 168 g/mol. The van der Waals surface area contributed by atoms with Gasteiger partial charge in [0.25, 0.3) is 0 Å². The number of aliphatic hydroxyl groups is 1. The predicted molar refractivity (Wildman–Crippen MR) is 43.4 cm³/mol. The molecule has 0 bridgehead atoms. The first-order valence-electron chi connectivity index (χ1n) is 4.07. The molecule has 4 heteroatoms. The van der Waals surface area contributed by atoms with Crippen molar-refractivity contribution in [3.05, 3.63) is 11.6 Å². The van der Waals surface area contributed by atoms with Crippen LogP contribution in [0.15, 0.2) is 4.42 Å². The lowest BCUT2D eigenvalue weighted by Gasteiger charge is -2.34. The molecule has 1 aliphatic rings. The molecule has 0 saturated heterocycles. The van der Waals surface area contributed by atoms with Crippen LogP contribution in [0.5, 0.6) is 0 Å². The third kappa shape index (κ3) is 0.914. The summed E-state index contributed by atoms with van der Waals surface area (Å²) in [5.74, 6) is 0.775. The van der Waals surface area contributed by atoms with E-state index in [-0.39, 0.29) is 5.88 Å². The molecule has 0 atom stereocenters. The van der Waals surface area contributed by atoms with Crippen molar-refractivity contribution in [3.8, 4) is 0 Å². The summed E-state index contributed by atoms with van der Waals surface area (Å²) in [6, 6.07) is 0. The van der Waals surface area contributed by atoms with Crippen molar-refractivity contribution >= 4 is 5.88 Å². The summed E-state index contributed by atoms with van der Waals surface area (Å²) in [6.45, 7) is 1.72. The van der Waals surface area contributed by atoms with Gasteiger partial charge in [0.15, 0.2) is 5.89 Å². The molecule has 2 rings (SSSR count). The molecule has 66 valence electrons. The van der Waals surface area contributed by atoms with Gasteiger partial charge in [-0.1, -0.05) is 0 Å². The normalized spacial score (nSPS) is 20.5. The van der Waals surface area contributed by atoms with Crippen LogP contribution in [0.2, 0.25) is 0 Å². The van der Waals surface area contributed by atoms with Crippen LogP contribution < -0.4 is 5.73 Å². The van der Waals surface area contributed by atoms with Crippen molar-refractivity contribution in [3.63, 3.8) is 0 Å². The molecule has 1 aliphatic carbocycles. The summed E-state index contributed by atoms with van der Waals surface area (Å²) >= 11 is 0. The van der Waals surface area contributed by atoms with Gasteiger partial charge in [-0.3, -0.25) is 0 Å². The smallest absolute Gasteiger partial charge is 0.217 e. The lowest BCUT2D eigenvalue weighted by molar-refractivity contribution is -0.0418. The lowest BCUT2D eigenvalue weighted by atomic mass is 9.78. The molecule has 0 spiro atoms. The van der Waals surface area contributed by atoms with Gasteiger partial charge in [0.2, 0.25) is 5.88 Å². The Hall–Kier alpha value is -1.03. The van der Waals surface area contributed by atoms with Gasteiger partial charge in [-0.15, -0.1) is 0 Å². The zero-order chi connectivity index (χ0) is 8.77. The van der Waals surface area contributed by atoms with E-state index in [1.807, 2.05) is 0 Å². The van der Waals surface area contributed by atoms with Crippen molar-refractivity contribution in [2.75, 3.05) is 5.73 Å². The van der Waals surface area contributed by atoms with E-state index in [1.165, 1.54) is 0 Å². The zero-order valence-electron chi connectivity index (χ0n) is 7.00. The second-order valence-corrected chi connectivity index (χ2v) is 3.33. The van der Waals surface area contributed by atoms with Gasteiger partial charge in [0.05, 0.1) is 0 Å². The molecule has 1 aromatic heterocycles. The van der Waals surface area contributed by atoms with Gasteiger partial charge in [-0.25, -0.2) is 4.98 Å². The van der Waals surface area contributed by atoms with Crippen LogP contribution in [-0.4, -0.2) is 10.1 Å². The van der Waals surface area contributed by atoms with E-state index in [1.54, 1.807) is 6.92 Å². The highest BCUT2D eigenvalue weighted by molar-refractivity contribution is 5.37. The molecule has 0 radical (unpaired) electrons. The number of hydrogen-bond donors (Lipinski definition) is 2. The Bertz CT molecular complexity index is 302. The third-order valence-electron chi connectivity index (χ3n) is 2.38. The summed E-state index contributed by atoms with van der Waals surface area (Å²) in [4.78, 5) is 4.06. The van der Waals surface area contributed by atoms with Gasteiger partial charge in [0, 0.05) is 6.92 Å². The molecule has 1 fully saturated rings. The van der Waals surface area contributed by atoms with Crippen LogP contribution in [-0.2, 0) is 5.60 Å². The van der Waals surface area contributed by atoms with E-state index >= 15 is 0 Å². The van der Waals surface area contributed by atoms with E-state index in [9.17, 15) is 5.11 Å². The molecular formula is C8H12N2O2. The standard InChI is InChI=1S/C8H12N2O2/c1-5-10-6(7(9)12-5)8(11)3-2-4-8/h11H,2-4,9H2,1H3. The van der Waals surface area contributed by atoms with Crippen molar-refractivity contribution in [2.24, 2.45) is 0 Å². The van der Waals surface area contributed by atoms with Crippen molar-refractivity contribution < 1.29 is 9.52 Å². The summed E-state index contributed by atoms with van der Waals surface area (Å²) in [5.41, 5.74) is 5.26. The number of nitrogens with two attached hydrogens (primary N) is 1. The fourth-order valence-corrected chi connectivity index (χ4v) is 1.52. The van der Waals surface area contributed by atoms with Crippen molar-refractivity contribution in [1.82, 2.24) is 4.98 Å². The van der Waals surface area contributed by atoms with Crippen LogP contribution in [0, 0.1) is 6.92 Å². The minimum atomic E-state index is -0.804. The zero-order valence-corrected chi connectivity index (χ0v) is 7.00. The quantitative estimate of drug-likeness (QED) is 0.654. The number of aryl methyl sites for hydroxylation is 1. The topological polar surface area (TPSA) is 72.3 Å². The van der Waals surface area contributed by atoms with Crippen LogP contribution in [0.25, 0.3) is 0 Å². The number of aromatic nitrogens is 1. The van der Waals surface area contributed by atoms with Gasteiger partial charge < -0.3 is 15.3 Å². The second kappa shape index (κ2) is 2.23. The Morgan fingerprint density at radius 2 is 2.25 bits per heavy atom. The fourth-order valence-electron chi connectivity index (χ4n) is 1.52. The third-order valence-corrected chi connectivity index (χ3v) is 2.38. The Balaban J connectivity index is 2.38. The Morgan fingerprint density at radius 3 is 2.58 bits per heavy atom. The predicted octanol–water partition coefficient (Wildman–Crippen LogP) is 0.937. The van der Waals surface area contributed by atoms with Gasteiger partial charge in [-0.05, 0) is 19.3 Å². The molecular weight excluding hydrogens is 156 g/mol. The lowest BCUT2D eigenvalue weighted by Crippen LogP contribution is -2.34. The number of oxazole rings is 1. The second-order valence-electron chi connectivity index (χ2n) is 3.33. The van der Waals surface area contributed by atoms with Gasteiger partial charge >= 0.3 is 0 Å². The maximum Gasteiger partial charge on any atom is 0.217 e. The van der Waals surface area contributed by atoms with Crippen LogP contribution >= 0.6 is 0 Å². The number of anilines is 1. The van der Waals surface area contributed by atoms with E-state index in [4.69, 9.17) is 10.2 Å². The molecule has 1 saturated carbocycles. The first kappa shape index (κ1) is 7.61. The summed E-state index contributed by atoms with van der Waals surface area (Å²) in [7, 11) is 0. The molecule has 12 heavy (non-hydrogen) atoms. The maximum atomic E-state index is 9.87. The highest BCUT2D eigenvalue weighted by atomic mass is 16.4. The number of rotatable bonds is 1. The Morgan fingerprint density at radius 1 is 1.58 bits per heavy atom. The van der Waals surface area contributed by atoms with Crippen molar-refractivity contribution in [2.45, 2.75) is 31.8 Å². The van der Waals surface area contributed by atoms with E-state index in [2.05, 4.69) is 4.98 Å². The van der Waals surface area contributed by atoms with E-state index < -0.39 is 5.60 Å². The van der Waals surface area contributed by atoms with Crippen LogP contribution in [0.1, 0.15) is 30.8 Å². The van der Waals surface area contributed by atoms with Crippen molar-refractivity contribution in [1.29, 1.82) is 0 Å². The molecule has 0 aromatic carbocycles. The van der Waals surface area contributed by atoms with Gasteiger partial charge in [-0.2, -0.15) is 0 Å². The highest BCUT2D eigenvalue weighted by Crippen LogP contribution is 2.42. The molecule has 3 N–H and O–H groups in total.